The first-order chi connectivity index (χ1) is 12.9. The van der Waals surface area contributed by atoms with Crippen LogP contribution in [0.4, 0.5) is 0 Å². The Morgan fingerprint density at radius 2 is 1.96 bits per heavy atom. The second-order valence-corrected chi connectivity index (χ2v) is 7.84. The van der Waals surface area contributed by atoms with Gasteiger partial charge in [0, 0.05) is 29.7 Å². The minimum Gasteiger partial charge on any atom is -0.425 e. The maximum Gasteiger partial charge on any atom is 0.221 e. The summed E-state index contributed by atoms with van der Waals surface area (Å²) >= 11 is 0. The van der Waals surface area contributed by atoms with E-state index in [-0.39, 0.29) is 0 Å². The van der Waals surface area contributed by atoms with E-state index in [1.54, 1.807) is 0 Å². The van der Waals surface area contributed by atoms with E-state index in [1.165, 1.54) is 49.6 Å². The smallest absolute Gasteiger partial charge is 0.221 e. The van der Waals surface area contributed by atoms with Crippen LogP contribution in [0.2, 0.25) is 0 Å². The van der Waals surface area contributed by atoms with Gasteiger partial charge in [-0.3, -0.25) is 4.90 Å². The largest absolute Gasteiger partial charge is 0.425 e. The number of hydrogen-bond donors (Lipinski definition) is 1. The second kappa shape index (κ2) is 6.88. The molecule has 1 unspecified atom stereocenters. The van der Waals surface area contributed by atoms with Crippen molar-refractivity contribution >= 4 is 10.9 Å². The number of fused-ring (bicyclic) bond motifs is 1. The summed E-state index contributed by atoms with van der Waals surface area (Å²) in [6.07, 6.45) is 10.8. The van der Waals surface area contributed by atoms with E-state index in [0.717, 1.165) is 36.3 Å². The van der Waals surface area contributed by atoms with E-state index in [9.17, 15) is 0 Å². The molecular formula is C21H26N4O. The lowest BCUT2D eigenvalue weighted by Gasteiger charge is -2.30. The summed E-state index contributed by atoms with van der Waals surface area (Å²) in [7, 11) is 0. The van der Waals surface area contributed by atoms with Crippen LogP contribution in [0.25, 0.3) is 10.9 Å². The number of para-hydroxylation sites is 1. The van der Waals surface area contributed by atoms with E-state index in [0.29, 0.717) is 12.3 Å². The van der Waals surface area contributed by atoms with Crippen LogP contribution in [-0.4, -0.2) is 39.2 Å². The van der Waals surface area contributed by atoms with Gasteiger partial charge in [0.05, 0.1) is 12.3 Å². The fraction of sp³-hybridized carbons (Fsp3) is 0.524. The van der Waals surface area contributed by atoms with Crippen molar-refractivity contribution in [3.8, 4) is 0 Å². The first-order valence-corrected chi connectivity index (χ1v) is 9.98. The van der Waals surface area contributed by atoms with Gasteiger partial charge in [0.2, 0.25) is 11.8 Å². The van der Waals surface area contributed by atoms with Crippen LogP contribution < -0.4 is 0 Å². The van der Waals surface area contributed by atoms with Gasteiger partial charge in [0.15, 0.2) is 0 Å². The van der Waals surface area contributed by atoms with Crippen LogP contribution in [0.1, 0.15) is 61.8 Å². The van der Waals surface area contributed by atoms with E-state index in [2.05, 4.69) is 44.5 Å². The van der Waals surface area contributed by atoms with Gasteiger partial charge in [-0.2, -0.15) is 0 Å². The molecule has 26 heavy (non-hydrogen) atoms. The third kappa shape index (κ3) is 3.05. The van der Waals surface area contributed by atoms with Crippen LogP contribution in [0.5, 0.6) is 0 Å². The molecule has 1 saturated carbocycles. The summed E-state index contributed by atoms with van der Waals surface area (Å²) in [6.45, 7) is 2.26. The molecule has 5 heteroatoms. The fourth-order valence-electron chi connectivity index (χ4n) is 4.71. The molecule has 3 aromatic rings. The Labute approximate surface area is 153 Å². The van der Waals surface area contributed by atoms with Crippen LogP contribution in [0.3, 0.4) is 0 Å². The van der Waals surface area contributed by atoms with E-state index in [1.807, 2.05) is 6.07 Å². The van der Waals surface area contributed by atoms with Crippen molar-refractivity contribution in [3.63, 3.8) is 0 Å². The molecule has 1 saturated heterocycles. The van der Waals surface area contributed by atoms with Crippen LogP contribution in [-0.2, 0) is 6.42 Å². The van der Waals surface area contributed by atoms with Crippen molar-refractivity contribution in [2.24, 2.45) is 0 Å². The molecule has 5 nitrogen and oxygen atoms in total. The Balaban J connectivity index is 1.27. The number of likely N-dealkylation sites (tertiary alicyclic amines) is 1. The highest BCUT2D eigenvalue weighted by Crippen LogP contribution is 2.32. The van der Waals surface area contributed by atoms with Crippen LogP contribution >= 0.6 is 0 Å². The van der Waals surface area contributed by atoms with Gasteiger partial charge >= 0.3 is 0 Å². The first kappa shape index (κ1) is 16.1. The predicted molar refractivity (Wildman–Crippen MR) is 101 cm³/mol. The van der Waals surface area contributed by atoms with Crippen molar-refractivity contribution < 1.29 is 4.42 Å². The van der Waals surface area contributed by atoms with Crippen LogP contribution in [0, 0.1) is 0 Å². The van der Waals surface area contributed by atoms with Gasteiger partial charge in [-0.15, -0.1) is 10.2 Å². The van der Waals surface area contributed by atoms with Crippen molar-refractivity contribution in [2.45, 2.75) is 56.9 Å². The number of aromatic amines is 1. The molecule has 2 fully saturated rings. The van der Waals surface area contributed by atoms with Crippen molar-refractivity contribution in [3.05, 3.63) is 47.8 Å². The Kier molecular flexibility index (Phi) is 4.25. The van der Waals surface area contributed by atoms with E-state index in [4.69, 9.17) is 4.42 Å². The average molecular weight is 350 g/mol. The average Bonchev–Trinajstić information content (AvgIpc) is 3.43. The number of nitrogens with one attached hydrogen (secondary N) is 1. The Hall–Kier alpha value is -2.14. The molecule has 3 heterocycles. The Morgan fingerprint density at radius 1 is 1.08 bits per heavy atom. The maximum absolute atomic E-state index is 6.06. The van der Waals surface area contributed by atoms with Gasteiger partial charge in [0.25, 0.3) is 0 Å². The molecule has 1 N–H and O–H groups in total. The van der Waals surface area contributed by atoms with Crippen LogP contribution in [0.15, 0.2) is 34.9 Å². The molecular weight excluding hydrogens is 324 g/mol. The number of rotatable bonds is 4. The lowest BCUT2D eigenvalue weighted by atomic mass is 9.94. The number of benzene rings is 1. The standard InChI is InChI=1S/C21H26N4O/c1-2-6-17(7-3-1)25-11-10-15(14-25)21-24-23-20(26-21)12-16-13-22-19-9-5-4-8-18(16)19/h4-5,8-9,13,15,17,22H,1-3,6-7,10-12,14H2. The highest BCUT2D eigenvalue weighted by Gasteiger charge is 2.32. The minimum atomic E-state index is 0.404. The fourth-order valence-corrected chi connectivity index (χ4v) is 4.71. The summed E-state index contributed by atoms with van der Waals surface area (Å²) in [4.78, 5) is 5.98. The second-order valence-electron chi connectivity index (χ2n) is 7.84. The summed E-state index contributed by atoms with van der Waals surface area (Å²) in [5.41, 5.74) is 2.37. The zero-order valence-electron chi connectivity index (χ0n) is 15.2. The van der Waals surface area contributed by atoms with E-state index >= 15 is 0 Å². The normalized spacial score (nSPS) is 22.4. The molecule has 0 spiro atoms. The van der Waals surface area contributed by atoms with Gasteiger partial charge in [-0.25, -0.2) is 0 Å². The molecule has 1 aliphatic heterocycles. The minimum absolute atomic E-state index is 0.404. The molecule has 0 bridgehead atoms. The lowest BCUT2D eigenvalue weighted by Crippen LogP contribution is -2.34. The van der Waals surface area contributed by atoms with Crippen molar-refractivity contribution in [2.75, 3.05) is 13.1 Å². The SMILES string of the molecule is c1ccc2c(Cc3nnc(C4CCN(C5CCCCC5)C4)o3)c[nH]c2c1. The topological polar surface area (TPSA) is 58.0 Å². The lowest BCUT2D eigenvalue weighted by molar-refractivity contribution is 0.187. The summed E-state index contributed by atoms with van der Waals surface area (Å²) < 4.78 is 6.06. The molecule has 5 rings (SSSR count). The molecule has 1 aliphatic carbocycles. The summed E-state index contributed by atoms with van der Waals surface area (Å²) in [6, 6.07) is 9.12. The summed E-state index contributed by atoms with van der Waals surface area (Å²) in [5, 5.41) is 9.95. The molecule has 2 aromatic heterocycles. The quantitative estimate of drug-likeness (QED) is 0.764. The number of hydrogen-bond acceptors (Lipinski definition) is 4. The number of aromatic nitrogens is 3. The Bertz CT molecular complexity index is 877. The third-order valence-electron chi connectivity index (χ3n) is 6.16. The molecule has 2 aliphatic rings. The molecule has 0 amide bonds. The summed E-state index contributed by atoms with van der Waals surface area (Å²) in [5.74, 6) is 1.96. The molecule has 0 radical (unpaired) electrons. The van der Waals surface area contributed by atoms with Gasteiger partial charge in [-0.05, 0) is 37.4 Å². The third-order valence-corrected chi connectivity index (χ3v) is 6.16. The zero-order chi connectivity index (χ0) is 17.3. The zero-order valence-corrected chi connectivity index (χ0v) is 15.2. The highest BCUT2D eigenvalue weighted by atomic mass is 16.4. The van der Waals surface area contributed by atoms with Crippen molar-refractivity contribution in [1.82, 2.24) is 20.1 Å². The van der Waals surface area contributed by atoms with Gasteiger partial charge < -0.3 is 9.40 Å². The molecule has 1 aromatic carbocycles. The number of nitrogens with zero attached hydrogens (tertiary/aromatic N) is 3. The Morgan fingerprint density at radius 3 is 2.88 bits per heavy atom. The predicted octanol–water partition coefficient (Wildman–Crippen LogP) is 4.26. The number of H-pyrrole nitrogens is 1. The highest BCUT2D eigenvalue weighted by molar-refractivity contribution is 5.83. The first-order valence-electron chi connectivity index (χ1n) is 9.98. The maximum atomic E-state index is 6.06. The van der Waals surface area contributed by atoms with Crippen molar-refractivity contribution in [1.29, 1.82) is 0 Å². The molecule has 1 atom stereocenters. The van der Waals surface area contributed by atoms with E-state index < -0.39 is 0 Å². The molecule has 136 valence electrons. The van der Waals surface area contributed by atoms with Gasteiger partial charge in [-0.1, -0.05) is 37.5 Å². The monoisotopic (exact) mass is 350 g/mol. The van der Waals surface area contributed by atoms with Gasteiger partial charge in [0.1, 0.15) is 0 Å².